The van der Waals surface area contributed by atoms with E-state index in [1.54, 1.807) is 42.1 Å². The number of anilines is 1. The minimum Gasteiger partial charge on any atom is -0.394 e. The van der Waals surface area contributed by atoms with Gasteiger partial charge in [0.2, 0.25) is 0 Å². The van der Waals surface area contributed by atoms with Gasteiger partial charge in [0.05, 0.1) is 39.6 Å². The number of hydrogen-bond donors (Lipinski definition) is 4. The fourth-order valence-electron chi connectivity index (χ4n) is 6.53. The van der Waals surface area contributed by atoms with Crippen molar-refractivity contribution in [1.82, 2.24) is 39.0 Å². The Morgan fingerprint density at radius 3 is 2.43 bits per heavy atom. The van der Waals surface area contributed by atoms with Crippen LogP contribution in [0.2, 0.25) is 0 Å². The summed E-state index contributed by atoms with van der Waals surface area (Å²) < 4.78 is 46.5. The third-order valence-electron chi connectivity index (χ3n) is 9.16. The zero-order chi connectivity index (χ0) is 37.6. The smallest absolute Gasteiger partial charge is 0.394 e. The number of nitrogens with one attached hydrogen (secondary N) is 2. The van der Waals surface area contributed by atoms with Crippen molar-refractivity contribution >= 4 is 57.5 Å². The molecule has 2 aliphatic rings. The Kier molecular flexibility index (Phi) is 10.5. The molecule has 7 rings (SSSR count). The van der Waals surface area contributed by atoms with Gasteiger partial charge in [-0.15, -0.1) is 9.42 Å². The number of rotatable bonds is 12. The molecule has 5 aromatic rings. The average molecular weight is 770 g/mol. The molecule has 4 unspecified atom stereocenters. The molecule has 2 saturated heterocycles. The highest BCUT2D eigenvalue weighted by atomic mass is 31.2. The number of fused-ring (bicyclic) bond motifs is 2. The van der Waals surface area contributed by atoms with Crippen molar-refractivity contribution in [3.8, 4) is 0 Å². The highest BCUT2D eigenvalue weighted by Crippen LogP contribution is 2.57. The van der Waals surface area contributed by atoms with Crippen LogP contribution in [-0.2, 0) is 27.6 Å². The summed E-state index contributed by atoms with van der Waals surface area (Å²) in [4.78, 5) is 59.4. The number of H-pyrrole nitrogens is 1. The van der Waals surface area contributed by atoms with E-state index in [0.29, 0.717) is 22.6 Å². The van der Waals surface area contributed by atoms with Crippen LogP contribution in [-0.4, -0.2) is 107 Å². The summed E-state index contributed by atoms with van der Waals surface area (Å²) in [6, 6.07) is 8.76. The molecule has 0 bridgehead atoms. The molecule has 22 heteroatoms. The number of benzene rings is 1. The zero-order valence-electron chi connectivity index (χ0n) is 28.3. The van der Waals surface area contributed by atoms with Gasteiger partial charge >= 0.3 is 8.25 Å². The minimum atomic E-state index is -2.98. The molecule has 280 valence electrons. The van der Waals surface area contributed by atoms with Gasteiger partial charge in [-0.2, -0.15) is 0 Å². The standard InChI is InChI=1S/C31H38BN9O10P2/c1-15-20(49-31(24(15)50-52(45)46)41-14-36-22-27(41)37-17(3)38-29(22)44)11-47-53(4,32)51-23-16(2)30(48-19(23)10-42)40-13-35-21-25(33-12-34-26(21)40)39-28(43)18-8-6-5-7-9-18/h5-9,12-16,19-20,23-24,30-31,42H,10-11H2,1-4,32H3,(H2-,33,34,37,38,39,43,44,45,46)/p+1/t15-,16?,19+,20+,23+,24?,30+,31+,53?/m0/s1. The molecule has 2 fully saturated rings. The summed E-state index contributed by atoms with van der Waals surface area (Å²) in [5.41, 5.74) is 1.23. The maximum absolute atomic E-state index is 12.9. The molecule has 0 spiro atoms. The highest BCUT2D eigenvalue weighted by molar-refractivity contribution is 7.89. The molecule has 53 heavy (non-hydrogen) atoms. The molecule has 0 aliphatic carbocycles. The van der Waals surface area contributed by atoms with E-state index >= 15 is 0 Å². The van der Waals surface area contributed by atoms with E-state index < -0.39 is 71.8 Å². The number of carbonyl (C=O) groups excluding carboxylic acids is 1. The summed E-state index contributed by atoms with van der Waals surface area (Å²) in [6.07, 6.45) is 0.117. The van der Waals surface area contributed by atoms with Gasteiger partial charge in [-0.25, -0.2) is 29.4 Å². The number of amides is 1. The molecule has 10 atom stereocenters. The third kappa shape index (κ3) is 7.39. The first-order chi connectivity index (χ1) is 25.3. The van der Waals surface area contributed by atoms with Gasteiger partial charge in [0.1, 0.15) is 37.2 Å². The van der Waals surface area contributed by atoms with Crippen molar-refractivity contribution in [3.63, 3.8) is 0 Å². The molecule has 4 N–H and O–H groups in total. The molecular formula is C31H39BN9O10P2+. The summed E-state index contributed by atoms with van der Waals surface area (Å²) >= 11 is 0. The van der Waals surface area contributed by atoms with Crippen LogP contribution in [0.3, 0.4) is 0 Å². The number of aromatic amines is 1. The molecular weight excluding hydrogens is 731 g/mol. The fourth-order valence-corrected chi connectivity index (χ4v) is 8.12. The number of aliphatic hydroxyl groups is 1. The first kappa shape index (κ1) is 37.2. The number of aliphatic hydroxyl groups excluding tert-OH is 1. The molecule has 19 nitrogen and oxygen atoms in total. The quantitative estimate of drug-likeness (QED) is 0.104. The van der Waals surface area contributed by atoms with E-state index in [4.69, 9.17) is 23.0 Å². The second kappa shape index (κ2) is 15.0. The maximum Gasteiger partial charge on any atom is 0.695 e. The van der Waals surface area contributed by atoms with Crippen LogP contribution in [0.25, 0.3) is 22.3 Å². The van der Waals surface area contributed by atoms with Crippen LogP contribution >= 0.6 is 15.8 Å². The van der Waals surface area contributed by atoms with Crippen LogP contribution in [0.15, 0.2) is 54.1 Å². The Hall–Kier alpha value is -4.10. The van der Waals surface area contributed by atoms with Crippen molar-refractivity contribution in [2.45, 2.75) is 57.6 Å². The molecule has 0 saturated carbocycles. The number of aryl methyl sites for hydroxylation is 1. The Balaban J connectivity index is 1.05. The summed E-state index contributed by atoms with van der Waals surface area (Å²) in [5.74, 6) is -0.396. The number of aromatic nitrogens is 8. The summed E-state index contributed by atoms with van der Waals surface area (Å²) in [6.45, 7) is 7.17. The Morgan fingerprint density at radius 2 is 1.72 bits per heavy atom. The lowest BCUT2D eigenvalue weighted by Crippen LogP contribution is -2.33. The maximum atomic E-state index is 12.9. The molecule has 1 aromatic carbocycles. The van der Waals surface area contributed by atoms with Crippen molar-refractivity contribution in [2.75, 3.05) is 25.2 Å². The van der Waals surface area contributed by atoms with Crippen molar-refractivity contribution in [3.05, 3.63) is 71.1 Å². The largest absolute Gasteiger partial charge is 0.695 e. The lowest BCUT2D eigenvalue weighted by Gasteiger charge is -2.30. The zero-order valence-corrected chi connectivity index (χ0v) is 30.1. The van der Waals surface area contributed by atoms with Crippen molar-refractivity contribution in [1.29, 1.82) is 0 Å². The second-order valence-corrected chi connectivity index (χ2v) is 14.5. The van der Waals surface area contributed by atoms with Gasteiger partial charge < -0.3 is 24.9 Å². The van der Waals surface area contributed by atoms with Crippen LogP contribution in [0, 0.1) is 18.8 Å². The molecule has 4 aromatic heterocycles. The highest BCUT2D eigenvalue weighted by Gasteiger charge is 2.51. The van der Waals surface area contributed by atoms with Gasteiger partial charge in [-0.3, -0.25) is 23.2 Å². The van der Waals surface area contributed by atoms with E-state index in [1.807, 2.05) is 26.6 Å². The fraction of sp³-hybridized carbons (Fsp3) is 0.452. The van der Waals surface area contributed by atoms with Gasteiger partial charge in [-0.05, 0) is 19.1 Å². The van der Waals surface area contributed by atoms with Crippen LogP contribution < -0.4 is 10.9 Å². The first-order valence-corrected chi connectivity index (χ1v) is 19.0. The summed E-state index contributed by atoms with van der Waals surface area (Å²) in [7, 11) is -5.94. The van der Waals surface area contributed by atoms with Gasteiger partial charge in [0, 0.05) is 22.0 Å². The third-order valence-corrected chi connectivity index (χ3v) is 10.6. The predicted molar refractivity (Wildman–Crippen MR) is 194 cm³/mol. The van der Waals surface area contributed by atoms with Crippen molar-refractivity contribution in [2.24, 2.45) is 11.8 Å². The lowest BCUT2D eigenvalue weighted by atomic mass is 10.0. The normalized spacial score (nSPS) is 27.3. The molecule has 0 radical (unpaired) electrons. The Bertz CT molecular complexity index is 2210. The van der Waals surface area contributed by atoms with E-state index in [0.717, 1.165) is 0 Å². The predicted octanol–water partition coefficient (Wildman–Crippen LogP) is 1.77. The monoisotopic (exact) mass is 770 g/mol. The van der Waals surface area contributed by atoms with E-state index in [9.17, 15) is 24.2 Å². The van der Waals surface area contributed by atoms with Gasteiger partial charge in [0.15, 0.2) is 48.0 Å². The van der Waals surface area contributed by atoms with Crippen LogP contribution in [0.5, 0.6) is 0 Å². The SMILES string of the molecule is [BH3-][P+](C)(OC[C@H]1O[C@@H](n2cnc3c(=O)[nH]c(C)nc32)C(O[P+](=O)O)[C@H]1C)O[C@@H]1C(C)[C@H](n2cnc3c(NC(=O)c4ccccc4)ncnc32)O[C@@H]1CO. The molecule has 6 heterocycles. The Morgan fingerprint density at radius 1 is 1.02 bits per heavy atom. The number of nitrogens with zero attached hydrogens (tertiary/aromatic N) is 7. The number of carbonyl (C=O) groups is 1. The van der Waals surface area contributed by atoms with Gasteiger partial charge in [-0.1, -0.05) is 32.0 Å². The minimum absolute atomic E-state index is 0.100. The second-order valence-electron chi connectivity index (χ2n) is 12.5. The van der Waals surface area contributed by atoms with Crippen molar-refractivity contribution < 1.29 is 42.4 Å². The number of hydrogen-bond acceptors (Lipinski definition) is 14. The summed E-state index contributed by atoms with van der Waals surface area (Å²) in [5, 5.41) is 13.2. The lowest BCUT2D eigenvalue weighted by molar-refractivity contribution is -0.0479. The first-order valence-electron chi connectivity index (χ1n) is 16.3. The van der Waals surface area contributed by atoms with E-state index in [1.165, 1.54) is 17.2 Å². The average Bonchev–Trinajstić information content (AvgIpc) is 3.89. The number of imidazole rings is 2. The number of ether oxygens (including phenoxy) is 2. The van der Waals surface area contributed by atoms with Crippen LogP contribution in [0.4, 0.5) is 5.82 Å². The molecule has 1 amide bonds. The van der Waals surface area contributed by atoms with E-state index in [-0.39, 0.29) is 42.0 Å². The van der Waals surface area contributed by atoms with Crippen LogP contribution in [0.1, 0.15) is 42.5 Å². The Labute approximate surface area is 304 Å². The topological polar surface area (TPSA) is 240 Å². The van der Waals surface area contributed by atoms with E-state index in [2.05, 4.69) is 35.2 Å². The van der Waals surface area contributed by atoms with Gasteiger partial charge in [0.25, 0.3) is 11.5 Å². The molecule has 2 aliphatic heterocycles.